The van der Waals surface area contributed by atoms with Gasteiger partial charge in [0.15, 0.2) is 0 Å². The van der Waals surface area contributed by atoms with Crippen LogP contribution in [0.4, 0.5) is 0 Å². The average molecular weight is 266 g/mol. The van der Waals surface area contributed by atoms with E-state index in [9.17, 15) is 4.79 Å². The van der Waals surface area contributed by atoms with Crippen LogP contribution in [0, 0.1) is 5.41 Å². The van der Waals surface area contributed by atoms with Crippen LogP contribution in [0.5, 0.6) is 5.75 Å². The van der Waals surface area contributed by atoms with Gasteiger partial charge in [-0.2, -0.15) is 11.8 Å². The Hall–Kier alpha value is -1.16. The number of thioether (sulfide) groups is 1. The summed E-state index contributed by atoms with van der Waals surface area (Å²) in [5.74, 6) is 2.04. The number of methoxy groups -OCH3 is 1. The van der Waals surface area contributed by atoms with Gasteiger partial charge in [-0.05, 0) is 30.1 Å². The molecule has 0 radical (unpaired) electrons. The molecule has 4 heteroatoms. The van der Waals surface area contributed by atoms with Crippen molar-refractivity contribution >= 4 is 17.7 Å². The molecule has 18 heavy (non-hydrogen) atoms. The molecule has 0 spiro atoms. The van der Waals surface area contributed by atoms with E-state index in [1.165, 1.54) is 5.56 Å². The normalized spacial score (nSPS) is 16.3. The first-order chi connectivity index (χ1) is 8.65. The predicted octanol–water partition coefficient (Wildman–Crippen LogP) is 3.18. The molecule has 0 amide bonds. The SMILES string of the molecule is COc1ccccc1CSCC1(CC(=O)O)CC1. The molecule has 1 aromatic rings. The van der Waals surface area contributed by atoms with Gasteiger partial charge in [-0.3, -0.25) is 4.79 Å². The Morgan fingerprint density at radius 1 is 1.44 bits per heavy atom. The van der Waals surface area contributed by atoms with Crippen LogP contribution in [-0.4, -0.2) is 23.9 Å². The van der Waals surface area contributed by atoms with Crippen LogP contribution in [0.1, 0.15) is 24.8 Å². The first kappa shape index (κ1) is 13.3. The number of benzene rings is 1. The summed E-state index contributed by atoms with van der Waals surface area (Å²) >= 11 is 1.80. The molecule has 1 fully saturated rings. The summed E-state index contributed by atoms with van der Waals surface area (Å²) in [5.41, 5.74) is 1.24. The topological polar surface area (TPSA) is 46.5 Å². The molecule has 1 aromatic carbocycles. The Balaban J connectivity index is 1.83. The molecule has 1 aliphatic carbocycles. The number of hydrogen-bond acceptors (Lipinski definition) is 3. The Labute approximate surface area is 112 Å². The van der Waals surface area contributed by atoms with Crippen molar-refractivity contribution in [2.24, 2.45) is 5.41 Å². The van der Waals surface area contributed by atoms with Gasteiger partial charge in [-0.1, -0.05) is 18.2 Å². The number of hydrogen-bond donors (Lipinski definition) is 1. The second kappa shape index (κ2) is 5.65. The number of carboxylic acid groups (broad SMARTS) is 1. The lowest BCUT2D eigenvalue weighted by atomic mass is 10.1. The molecule has 2 rings (SSSR count). The number of carbonyl (C=O) groups is 1. The lowest BCUT2D eigenvalue weighted by Gasteiger charge is -2.13. The highest BCUT2D eigenvalue weighted by Gasteiger charge is 2.44. The van der Waals surface area contributed by atoms with E-state index in [0.717, 1.165) is 30.1 Å². The average Bonchev–Trinajstić information content (AvgIpc) is 3.09. The summed E-state index contributed by atoms with van der Waals surface area (Å²) in [6, 6.07) is 7.98. The minimum atomic E-state index is -0.676. The highest BCUT2D eigenvalue weighted by atomic mass is 32.2. The number of rotatable bonds is 7. The maximum atomic E-state index is 10.8. The molecule has 98 valence electrons. The smallest absolute Gasteiger partial charge is 0.303 e. The Morgan fingerprint density at radius 2 is 2.17 bits per heavy atom. The van der Waals surface area contributed by atoms with E-state index in [0.29, 0.717) is 6.42 Å². The third-order valence-corrected chi connectivity index (χ3v) is 4.67. The van der Waals surface area contributed by atoms with Crippen molar-refractivity contribution in [2.45, 2.75) is 25.0 Å². The van der Waals surface area contributed by atoms with Gasteiger partial charge >= 0.3 is 5.97 Å². The van der Waals surface area contributed by atoms with Crippen molar-refractivity contribution in [3.8, 4) is 5.75 Å². The molecule has 1 aliphatic rings. The number of ether oxygens (including phenoxy) is 1. The Bertz CT molecular complexity index is 427. The standard InChI is InChI=1S/C14H18O3S/c1-17-12-5-3-2-4-11(12)9-18-10-14(6-7-14)8-13(15)16/h2-5H,6-10H2,1H3,(H,15,16). The molecule has 0 bridgehead atoms. The van der Waals surface area contributed by atoms with Crippen LogP contribution in [0.15, 0.2) is 24.3 Å². The Morgan fingerprint density at radius 3 is 2.78 bits per heavy atom. The molecule has 3 nitrogen and oxygen atoms in total. The minimum Gasteiger partial charge on any atom is -0.496 e. The van der Waals surface area contributed by atoms with E-state index in [1.807, 2.05) is 18.2 Å². The molecule has 0 aliphatic heterocycles. The van der Waals surface area contributed by atoms with Gasteiger partial charge in [0, 0.05) is 11.3 Å². The largest absolute Gasteiger partial charge is 0.496 e. The molecular weight excluding hydrogens is 248 g/mol. The molecule has 0 saturated heterocycles. The molecular formula is C14H18O3S. The van der Waals surface area contributed by atoms with E-state index in [-0.39, 0.29) is 5.41 Å². The van der Waals surface area contributed by atoms with E-state index in [2.05, 4.69) is 6.07 Å². The van der Waals surface area contributed by atoms with Crippen LogP contribution < -0.4 is 4.74 Å². The predicted molar refractivity (Wildman–Crippen MR) is 73.1 cm³/mol. The molecule has 0 unspecified atom stereocenters. The van der Waals surface area contributed by atoms with E-state index in [4.69, 9.17) is 9.84 Å². The van der Waals surface area contributed by atoms with Gasteiger partial charge in [0.2, 0.25) is 0 Å². The van der Waals surface area contributed by atoms with Crippen LogP contribution in [0.3, 0.4) is 0 Å². The summed E-state index contributed by atoms with van der Waals surface area (Å²) in [5, 5.41) is 8.86. The minimum absolute atomic E-state index is 0.0680. The van der Waals surface area contributed by atoms with E-state index >= 15 is 0 Å². The second-order valence-corrected chi connectivity index (χ2v) is 5.86. The first-order valence-electron chi connectivity index (χ1n) is 6.07. The molecule has 0 atom stereocenters. The Kier molecular flexibility index (Phi) is 4.17. The third-order valence-electron chi connectivity index (χ3n) is 3.34. The van der Waals surface area contributed by atoms with Gasteiger partial charge < -0.3 is 9.84 Å². The lowest BCUT2D eigenvalue weighted by Crippen LogP contribution is -2.11. The zero-order valence-electron chi connectivity index (χ0n) is 10.5. The fourth-order valence-electron chi connectivity index (χ4n) is 2.07. The maximum Gasteiger partial charge on any atom is 0.303 e. The number of aliphatic carboxylic acids is 1. The maximum absolute atomic E-state index is 10.8. The van der Waals surface area contributed by atoms with Crippen molar-refractivity contribution in [3.05, 3.63) is 29.8 Å². The summed E-state index contributed by atoms with van der Waals surface area (Å²) in [4.78, 5) is 10.8. The van der Waals surface area contributed by atoms with Crippen LogP contribution in [0.25, 0.3) is 0 Å². The van der Waals surface area contributed by atoms with Gasteiger partial charge in [-0.15, -0.1) is 0 Å². The number of carboxylic acids is 1. The van der Waals surface area contributed by atoms with Crippen LogP contribution >= 0.6 is 11.8 Å². The summed E-state index contributed by atoms with van der Waals surface area (Å²) in [7, 11) is 1.68. The quantitative estimate of drug-likeness (QED) is 0.823. The molecule has 1 N–H and O–H groups in total. The van der Waals surface area contributed by atoms with Crippen molar-refractivity contribution in [1.82, 2.24) is 0 Å². The van der Waals surface area contributed by atoms with Crippen LogP contribution in [0.2, 0.25) is 0 Å². The lowest BCUT2D eigenvalue weighted by molar-refractivity contribution is -0.138. The fourth-order valence-corrected chi connectivity index (χ4v) is 3.45. The summed E-state index contributed by atoms with van der Waals surface area (Å²) < 4.78 is 5.30. The summed E-state index contributed by atoms with van der Waals surface area (Å²) in [6.07, 6.45) is 2.42. The second-order valence-electron chi connectivity index (χ2n) is 4.88. The van der Waals surface area contributed by atoms with Crippen molar-refractivity contribution < 1.29 is 14.6 Å². The fraction of sp³-hybridized carbons (Fsp3) is 0.500. The van der Waals surface area contributed by atoms with Gasteiger partial charge in [0.25, 0.3) is 0 Å². The summed E-state index contributed by atoms with van der Waals surface area (Å²) in [6.45, 7) is 0. The molecule has 1 saturated carbocycles. The highest BCUT2D eigenvalue weighted by Crippen LogP contribution is 2.51. The first-order valence-corrected chi connectivity index (χ1v) is 7.22. The van der Waals surface area contributed by atoms with E-state index in [1.54, 1.807) is 18.9 Å². The van der Waals surface area contributed by atoms with E-state index < -0.39 is 5.97 Å². The monoisotopic (exact) mass is 266 g/mol. The van der Waals surface area contributed by atoms with Gasteiger partial charge in [0.05, 0.1) is 13.5 Å². The molecule has 0 heterocycles. The van der Waals surface area contributed by atoms with Gasteiger partial charge in [0.1, 0.15) is 5.75 Å². The zero-order chi connectivity index (χ0) is 13.0. The third kappa shape index (κ3) is 3.42. The van der Waals surface area contributed by atoms with Crippen molar-refractivity contribution in [3.63, 3.8) is 0 Å². The molecule has 0 aromatic heterocycles. The van der Waals surface area contributed by atoms with Crippen molar-refractivity contribution in [1.29, 1.82) is 0 Å². The number of para-hydroxylation sites is 1. The highest BCUT2D eigenvalue weighted by molar-refractivity contribution is 7.98. The van der Waals surface area contributed by atoms with Gasteiger partial charge in [-0.25, -0.2) is 0 Å². The zero-order valence-corrected chi connectivity index (χ0v) is 11.3. The van der Waals surface area contributed by atoms with Crippen LogP contribution in [-0.2, 0) is 10.5 Å². The van der Waals surface area contributed by atoms with Crippen molar-refractivity contribution in [2.75, 3.05) is 12.9 Å².